The molecule has 1 aliphatic carbocycles. The Bertz CT molecular complexity index is 636. The third-order valence-electron chi connectivity index (χ3n) is 3.91. The molecule has 0 bridgehead atoms. The summed E-state index contributed by atoms with van der Waals surface area (Å²) in [5, 5.41) is 9.16. The van der Waals surface area contributed by atoms with Crippen molar-refractivity contribution in [3.05, 3.63) is 23.8 Å². The quantitative estimate of drug-likeness (QED) is 0.807. The number of nitrogens with two attached hydrogens (primary N) is 1. The number of carbonyl (C=O) groups is 1. The van der Waals surface area contributed by atoms with E-state index in [0.717, 1.165) is 25.7 Å². The fourth-order valence-corrected chi connectivity index (χ4v) is 4.21. The Morgan fingerprint density at radius 1 is 1.38 bits per heavy atom. The van der Waals surface area contributed by atoms with Gasteiger partial charge in [-0.3, -0.25) is 0 Å². The van der Waals surface area contributed by atoms with Gasteiger partial charge in [-0.15, -0.1) is 0 Å². The fraction of sp³-hybridized carbons (Fsp3) is 0.500. The number of hydrogen-bond acceptors (Lipinski definition) is 4. The summed E-state index contributed by atoms with van der Waals surface area (Å²) < 4.78 is 26.4. The molecular formula is C14H20N2O4S. The van der Waals surface area contributed by atoms with Gasteiger partial charge in [0.15, 0.2) is 0 Å². The van der Waals surface area contributed by atoms with Crippen molar-refractivity contribution in [3.8, 4) is 0 Å². The Kier molecular flexibility index (Phi) is 4.53. The third-order valence-corrected chi connectivity index (χ3v) is 5.78. The van der Waals surface area contributed by atoms with Crippen LogP contribution in [-0.4, -0.2) is 37.4 Å². The average Bonchev–Trinajstić information content (AvgIpc) is 2.91. The minimum Gasteiger partial charge on any atom is -0.478 e. The standard InChI is InChI=1S/C14H20N2O4S/c1-16(9-10-4-2-3-5-10)21(19,20)13-8-11(15)6-7-12(13)14(17)18/h6-8,10H,2-5,9,15H2,1H3,(H,17,18). The molecule has 0 radical (unpaired) electrons. The van der Waals surface area contributed by atoms with Crippen molar-refractivity contribution in [1.82, 2.24) is 4.31 Å². The van der Waals surface area contributed by atoms with Gasteiger partial charge < -0.3 is 10.8 Å². The molecule has 1 aromatic carbocycles. The molecule has 0 atom stereocenters. The predicted molar refractivity (Wildman–Crippen MR) is 79.6 cm³/mol. The van der Waals surface area contributed by atoms with Crippen molar-refractivity contribution in [2.45, 2.75) is 30.6 Å². The van der Waals surface area contributed by atoms with Crippen LogP contribution in [0.3, 0.4) is 0 Å². The third kappa shape index (κ3) is 3.36. The smallest absolute Gasteiger partial charge is 0.337 e. The highest BCUT2D eigenvalue weighted by molar-refractivity contribution is 7.89. The minimum absolute atomic E-state index is 0.229. The molecule has 1 fully saturated rings. The first-order valence-corrected chi connectivity index (χ1v) is 8.35. The number of carboxylic acids is 1. The molecule has 2 rings (SSSR count). The summed E-state index contributed by atoms with van der Waals surface area (Å²) in [6, 6.07) is 3.83. The molecule has 7 heteroatoms. The zero-order valence-corrected chi connectivity index (χ0v) is 12.8. The molecule has 0 spiro atoms. The van der Waals surface area contributed by atoms with Crippen LogP contribution in [-0.2, 0) is 10.0 Å². The summed E-state index contributed by atoms with van der Waals surface area (Å²) in [4.78, 5) is 11.0. The second kappa shape index (κ2) is 6.03. The summed E-state index contributed by atoms with van der Waals surface area (Å²) in [7, 11) is -2.36. The molecule has 21 heavy (non-hydrogen) atoms. The summed E-state index contributed by atoms with van der Waals surface area (Å²) in [5.74, 6) is -0.929. The van der Waals surface area contributed by atoms with E-state index >= 15 is 0 Å². The van der Waals surface area contributed by atoms with E-state index in [1.165, 1.54) is 29.6 Å². The highest BCUT2D eigenvalue weighted by Crippen LogP contribution is 2.28. The number of benzene rings is 1. The Morgan fingerprint density at radius 3 is 2.57 bits per heavy atom. The molecular weight excluding hydrogens is 292 g/mol. The average molecular weight is 312 g/mol. The van der Waals surface area contributed by atoms with Crippen molar-refractivity contribution in [2.24, 2.45) is 5.92 Å². The molecule has 1 aromatic rings. The lowest BCUT2D eigenvalue weighted by molar-refractivity contribution is 0.0692. The number of nitrogen functional groups attached to an aromatic ring is 1. The maximum Gasteiger partial charge on any atom is 0.337 e. The predicted octanol–water partition coefficient (Wildman–Crippen LogP) is 1.78. The zero-order chi connectivity index (χ0) is 15.6. The van der Waals surface area contributed by atoms with Gasteiger partial charge in [-0.25, -0.2) is 17.5 Å². The highest BCUT2D eigenvalue weighted by atomic mass is 32.2. The Balaban J connectivity index is 2.33. The lowest BCUT2D eigenvalue weighted by Crippen LogP contribution is -2.32. The van der Waals surface area contributed by atoms with Crippen molar-refractivity contribution in [1.29, 1.82) is 0 Å². The monoisotopic (exact) mass is 312 g/mol. The van der Waals surface area contributed by atoms with Gasteiger partial charge in [0, 0.05) is 19.3 Å². The molecule has 1 aliphatic rings. The number of rotatable bonds is 5. The van der Waals surface area contributed by atoms with Crippen molar-refractivity contribution >= 4 is 21.7 Å². The Morgan fingerprint density at radius 2 is 2.00 bits per heavy atom. The number of anilines is 1. The number of aromatic carboxylic acids is 1. The first-order valence-electron chi connectivity index (χ1n) is 6.91. The minimum atomic E-state index is -3.85. The summed E-state index contributed by atoms with van der Waals surface area (Å²) in [6.07, 6.45) is 4.28. The van der Waals surface area contributed by atoms with Crippen LogP contribution < -0.4 is 5.73 Å². The van der Waals surface area contributed by atoms with Crippen LogP contribution in [0.15, 0.2) is 23.1 Å². The van der Waals surface area contributed by atoms with E-state index in [4.69, 9.17) is 10.8 Å². The maximum atomic E-state index is 12.6. The zero-order valence-electron chi connectivity index (χ0n) is 11.9. The number of nitrogens with zero attached hydrogens (tertiary/aromatic N) is 1. The fourth-order valence-electron chi connectivity index (χ4n) is 2.75. The Labute approximate surface area is 124 Å². The summed E-state index contributed by atoms with van der Waals surface area (Å²) in [6.45, 7) is 0.413. The van der Waals surface area contributed by atoms with Crippen LogP contribution in [0.2, 0.25) is 0 Å². The van der Waals surface area contributed by atoms with Gasteiger partial charge >= 0.3 is 5.97 Å². The van der Waals surface area contributed by atoms with E-state index in [-0.39, 0.29) is 16.1 Å². The van der Waals surface area contributed by atoms with Gasteiger partial charge in [0.1, 0.15) is 0 Å². The SMILES string of the molecule is CN(CC1CCCC1)S(=O)(=O)c1cc(N)ccc1C(=O)O. The molecule has 0 saturated heterocycles. The van der Waals surface area contributed by atoms with Crippen LogP contribution in [0.25, 0.3) is 0 Å². The lowest BCUT2D eigenvalue weighted by atomic mass is 10.1. The summed E-state index contributed by atoms with van der Waals surface area (Å²) >= 11 is 0. The van der Waals surface area contributed by atoms with Crippen molar-refractivity contribution in [3.63, 3.8) is 0 Å². The van der Waals surface area contributed by atoms with E-state index in [9.17, 15) is 13.2 Å². The largest absolute Gasteiger partial charge is 0.478 e. The van der Waals surface area contributed by atoms with Gasteiger partial charge in [-0.2, -0.15) is 0 Å². The number of hydrogen-bond donors (Lipinski definition) is 2. The van der Waals surface area contributed by atoms with Gasteiger partial charge in [-0.05, 0) is 37.0 Å². The molecule has 0 heterocycles. The van der Waals surface area contributed by atoms with E-state index in [1.807, 2.05) is 0 Å². The van der Waals surface area contributed by atoms with Crippen LogP contribution in [0, 0.1) is 5.92 Å². The highest BCUT2D eigenvalue weighted by Gasteiger charge is 2.29. The first kappa shape index (κ1) is 15.8. The molecule has 0 amide bonds. The Hall–Kier alpha value is -1.60. The molecule has 0 unspecified atom stereocenters. The summed E-state index contributed by atoms with van der Waals surface area (Å²) in [5.41, 5.74) is 5.59. The second-order valence-corrected chi connectivity index (χ2v) is 7.51. The van der Waals surface area contributed by atoms with Gasteiger partial charge in [-0.1, -0.05) is 12.8 Å². The lowest BCUT2D eigenvalue weighted by Gasteiger charge is -2.21. The first-order chi connectivity index (χ1) is 9.82. The van der Waals surface area contributed by atoms with E-state index in [2.05, 4.69) is 0 Å². The molecule has 0 aliphatic heterocycles. The van der Waals surface area contributed by atoms with Crippen molar-refractivity contribution in [2.75, 3.05) is 19.3 Å². The van der Waals surface area contributed by atoms with Crippen LogP contribution in [0.4, 0.5) is 5.69 Å². The van der Waals surface area contributed by atoms with Gasteiger partial charge in [0.2, 0.25) is 10.0 Å². The molecule has 0 aromatic heterocycles. The maximum absolute atomic E-state index is 12.6. The molecule has 6 nitrogen and oxygen atoms in total. The number of sulfonamides is 1. The van der Waals surface area contributed by atoms with E-state index < -0.39 is 16.0 Å². The van der Waals surface area contributed by atoms with Gasteiger partial charge in [0.25, 0.3) is 0 Å². The topological polar surface area (TPSA) is 101 Å². The van der Waals surface area contributed by atoms with Crippen LogP contribution in [0.5, 0.6) is 0 Å². The molecule has 116 valence electrons. The normalized spacial score (nSPS) is 16.5. The molecule has 3 N–H and O–H groups in total. The van der Waals surface area contributed by atoms with E-state index in [0.29, 0.717) is 12.5 Å². The van der Waals surface area contributed by atoms with E-state index in [1.54, 1.807) is 0 Å². The second-order valence-electron chi connectivity index (χ2n) is 5.50. The van der Waals surface area contributed by atoms with Gasteiger partial charge in [0.05, 0.1) is 10.5 Å². The van der Waals surface area contributed by atoms with Crippen molar-refractivity contribution < 1.29 is 18.3 Å². The number of carboxylic acid groups (broad SMARTS) is 1. The van der Waals surface area contributed by atoms with Crippen LogP contribution >= 0.6 is 0 Å². The molecule has 1 saturated carbocycles. The van der Waals surface area contributed by atoms with Crippen LogP contribution in [0.1, 0.15) is 36.0 Å².